The van der Waals surface area contributed by atoms with Crippen molar-refractivity contribution in [3.8, 4) is 11.8 Å². The number of rotatable bonds is 3. The molecule has 0 aliphatic heterocycles. The van der Waals surface area contributed by atoms with E-state index < -0.39 is 0 Å². The first-order valence-corrected chi connectivity index (χ1v) is 5.84. The predicted octanol–water partition coefficient (Wildman–Crippen LogP) is -0.185. The second-order valence-corrected chi connectivity index (χ2v) is 3.89. The van der Waals surface area contributed by atoms with Crippen LogP contribution >= 0.6 is 0 Å². The third kappa shape index (κ3) is 4.12. The van der Waals surface area contributed by atoms with Gasteiger partial charge in [-0.15, -0.1) is 0 Å². The van der Waals surface area contributed by atoms with Crippen LogP contribution in [-0.2, 0) is 4.79 Å². The molecule has 1 rings (SSSR count). The number of hydrogen-bond donors (Lipinski definition) is 2. The smallest absolute Gasteiger partial charge is 0.255 e. The van der Waals surface area contributed by atoms with Crippen LogP contribution in [0.15, 0.2) is 24.3 Å². The second kappa shape index (κ2) is 7.19. The number of carbonyl (C=O) groups excluding carboxylic acids is 2. The van der Waals surface area contributed by atoms with Crippen LogP contribution in [0.1, 0.15) is 15.9 Å². The summed E-state index contributed by atoms with van der Waals surface area (Å²) in [4.78, 5) is 24.8. The topological polar surface area (TPSA) is 75.4 Å². The van der Waals surface area contributed by atoms with Gasteiger partial charge < -0.3 is 16.0 Å². The third-order valence-corrected chi connectivity index (χ3v) is 2.49. The first kappa shape index (κ1) is 14.7. The Bertz CT molecular complexity index is 529. The molecule has 0 radical (unpaired) electrons. The largest absolute Gasteiger partial charge is 0.358 e. The molecule has 0 saturated heterocycles. The van der Waals surface area contributed by atoms with E-state index in [1.807, 2.05) is 0 Å². The van der Waals surface area contributed by atoms with Gasteiger partial charge >= 0.3 is 0 Å². The Labute approximate surface area is 112 Å². The fourth-order valence-electron chi connectivity index (χ4n) is 1.50. The predicted molar refractivity (Wildman–Crippen MR) is 73.4 cm³/mol. The van der Waals surface area contributed by atoms with Crippen LogP contribution in [0.25, 0.3) is 0 Å². The zero-order chi connectivity index (χ0) is 14.3. The Morgan fingerprint density at radius 2 is 2.05 bits per heavy atom. The summed E-state index contributed by atoms with van der Waals surface area (Å²) in [5.41, 5.74) is 6.40. The Morgan fingerprint density at radius 3 is 2.68 bits per heavy atom. The molecule has 0 aliphatic carbocycles. The minimum atomic E-state index is -0.245. The van der Waals surface area contributed by atoms with E-state index in [1.165, 1.54) is 11.9 Å². The summed E-state index contributed by atoms with van der Waals surface area (Å²) in [5, 5.41) is 2.47. The van der Waals surface area contributed by atoms with E-state index in [4.69, 9.17) is 5.73 Å². The van der Waals surface area contributed by atoms with E-state index in [9.17, 15) is 9.59 Å². The standard InChI is InChI=1S/C14H17N3O2/c1-16-13(18)10-17(2)14(19)12-8-4-3-6-11(12)7-5-9-15/h3-4,6,8H,9-10,15H2,1-2H3,(H,16,18). The monoisotopic (exact) mass is 259 g/mol. The van der Waals surface area contributed by atoms with Crippen molar-refractivity contribution in [2.75, 3.05) is 27.2 Å². The second-order valence-electron chi connectivity index (χ2n) is 3.89. The van der Waals surface area contributed by atoms with E-state index in [2.05, 4.69) is 17.2 Å². The molecular weight excluding hydrogens is 242 g/mol. The summed E-state index contributed by atoms with van der Waals surface area (Å²) < 4.78 is 0. The Morgan fingerprint density at radius 1 is 1.37 bits per heavy atom. The molecule has 0 saturated carbocycles. The summed E-state index contributed by atoms with van der Waals surface area (Å²) >= 11 is 0. The van der Waals surface area contributed by atoms with Gasteiger partial charge in [-0.2, -0.15) is 0 Å². The van der Waals surface area contributed by atoms with E-state index >= 15 is 0 Å². The number of likely N-dealkylation sites (N-methyl/N-ethyl adjacent to an activating group) is 2. The maximum Gasteiger partial charge on any atom is 0.255 e. The van der Waals surface area contributed by atoms with E-state index in [0.29, 0.717) is 11.1 Å². The third-order valence-electron chi connectivity index (χ3n) is 2.49. The van der Waals surface area contributed by atoms with Gasteiger partial charge in [0.2, 0.25) is 5.91 Å². The van der Waals surface area contributed by atoms with Crippen LogP contribution in [0.4, 0.5) is 0 Å². The van der Waals surface area contributed by atoms with Crippen molar-refractivity contribution in [3.63, 3.8) is 0 Å². The van der Waals surface area contributed by atoms with Gasteiger partial charge in [-0.05, 0) is 12.1 Å². The molecule has 0 fully saturated rings. The van der Waals surface area contributed by atoms with Gasteiger partial charge in [0.25, 0.3) is 5.91 Å². The molecule has 0 spiro atoms. The first-order valence-electron chi connectivity index (χ1n) is 5.84. The van der Waals surface area contributed by atoms with Crippen molar-refractivity contribution in [1.82, 2.24) is 10.2 Å². The van der Waals surface area contributed by atoms with Crippen molar-refractivity contribution >= 4 is 11.8 Å². The highest BCUT2D eigenvalue weighted by atomic mass is 16.2. The van der Waals surface area contributed by atoms with E-state index in [-0.39, 0.29) is 24.9 Å². The summed E-state index contributed by atoms with van der Waals surface area (Å²) in [6.07, 6.45) is 0. The average molecular weight is 259 g/mol. The van der Waals surface area contributed by atoms with Crippen LogP contribution in [0.3, 0.4) is 0 Å². The number of benzene rings is 1. The minimum Gasteiger partial charge on any atom is -0.358 e. The fourth-order valence-corrected chi connectivity index (χ4v) is 1.50. The van der Waals surface area contributed by atoms with Crippen molar-refractivity contribution in [1.29, 1.82) is 0 Å². The van der Waals surface area contributed by atoms with Crippen LogP contribution in [0.5, 0.6) is 0 Å². The number of amides is 2. The van der Waals surface area contributed by atoms with Crippen LogP contribution in [0.2, 0.25) is 0 Å². The molecule has 19 heavy (non-hydrogen) atoms. The molecule has 0 atom stereocenters. The number of nitrogens with two attached hydrogens (primary N) is 1. The molecule has 1 aromatic carbocycles. The zero-order valence-corrected chi connectivity index (χ0v) is 11.1. The number of hydrogen-bond acceptors (Lipinski definition) is 3. The van der Waals surface area contributed by atoms with E-state index in [0.717, 1.165) is 0 Å². The Hall–Kier alpha value is -2.32. The highest BCUT2D eigenvalue weighted by molar-refractivity contribution is 5.98. The van der Waals surface area contributed by atoms with Gasteiger partial charge in [0.15, 0.2) is 0 Å². The number of nitrogens with one attached hydrogen (secondary N) is 1. The normalized spacial score (nSPS) is 9.21. The average Bonchev–Trinajstić information content (AvgIpc) is 2.44. The van der Waals surface area contributed by atoms with Crippen LogP contribution in [-0.4, -0.2) is 43.9 Å². The SMILES string of the molecule is CNC(=O)CN(C)C(=O)c1ccccc1C#CCN. The quantitative estimate of drug-likeness (QED) is 0.739. The van der Waals surface area contributed by atoms with Crippen molar-refractivity contribution < 1.29 is 9.59 Å². The van der Waals surface area contributed by atoms with Crippen molar-refractivity contribution in [3.05, 3.63) is 35.4 Å². The van der Waals surface area contributed by atoms with Crippen molar-refractivity contribution in [2.24, 2.45) is 5.73 Å². The van der Waals surface area contributed by atoms with Crippen LogP contribution < -0.4 is 11.1 Å². The molecular formula is C14H17N3O2. The summed E-state index contributed by atoms with van der Waals surface area (Å²) in [7, 11) is 3.10. The molecule has 2 amide bonds. The summed E-state index contributed by atoms with van der Waals surface area (Å²) in [5.74, 6) is 5.11. The lowest BCUT2D eigenvalue weighted by Crippen LogP contribution is -2.37. The first-order chi connectivity index (χ1) is 9.10. The zero-order valence-electron chi connectivity index (χ0n) is 11.1. The van der Waals surface area contributed by atoms with E-state index in [1.54, 1.807) is 31.3 Å². The molecule has 0 heterocycles. The lowest BCUT2D eigenvalue weighted by molar-refractivity contribution is -0.121. The summed E-state index contributed by atoms with van der Waals surface area (Å²) in [6.45, 7) is 0.241. The van der Waals surface area contributed by atoms with Gasteiger partial charge in [0.05, 0.1) is 18.7 Å². The molecule has 3 N–H and O–H groups in total. The van der Waals surface area contributed by atoms with Crippen molar-refractivity contribution in [2.45, 2.75) is 0 Å². The van der Waals surface area contributed by atoms with Gasteiger partial charge in [-0.25, -0.2) is 0 Å². The lowest BCUT2D eigenvalue weighted by Gasteiger charge is -2.16. The highest BCUT2D eigenvalue weighted by Gasteiger charge is 2.16. The van der Waals surface area contributed by atoms with Gasteiger partial charge in [-0.3, -0.25) is 9.59 Å². The number of carbonyl (C=O) groups is 2. The molecule has 0 aromatic heterocycles. The fraction of sp³-hybridized carbons (Fsp3) is 0.286. The Balaban J connectivity index is 2.96. The number of nitrogens with zero attached hydrogens (tertiary/aromatic N) is 1. The molecule has 5 nitrogen and oxygen atoms in total. The molecule has 0 unspecified atom stereocenters. The van der Waals surface area contributed by atoms with Gasteiger partial charge in [0.1, 0.15) is 0 Å². The molecule has 0 aliphatic rings. The molecule has 5 heteroatoms. The van der Waals surface area contributed by atoms with Gasteiger partial charge in [0, 0.05) is 19.7 Å². The highest BCUT2D eigenvalue weighted by Crippen LogP contribution is 2.10. The molecule has 100 valence electrons. The van der Waals surface area contributed by atoms with Gasteiger partial charge in [-0.1, -0.05) is 24.0 Å². The maximum atomic E-state index is 12.2. The maximum absolute atomic E-state index is 12.2. The Kier molecular flexibility index (Phi) is 5.58. The molecule has 0 bridgehead atoms. The minimum absolute atomic E-state index is 0.00792. The van der Waals surface area contributed by atoms with Crippen LogP contribution in [0, 0.1) is 11.8 Å². The molecule has 1 aromatic rings. The summed E-state index contributed by atoms with van der Waals surface area (Å²) in [6, 6.07) is 7.00. The lowest BCUT2D eigenvalue weighted by atomic mass is 10.1.